The molecule has 0 saturated carbocycles. The van der Waals surface area contributed by atoms with E-state index in [1.165, 1.54) is 5.01 Å². The summed E-state index contributed by atoms with van der Waals surface area (Å²) < 4.78 is 0. The van der Waals surface area contributed by atoms with Gasteiger partial charge in [-0.25, -0.2) is 0 Å². The van der Waals surface area contributed by atoms with Crippen molar-refractivity contribution in [2.45, 2.75) is 20.8 Å². The second-order valence-corrected chi connectivity index (χ2v) is 4.04. The molecule has 0 aromatic heterocycles. The number of rotatable bonds is 0. The summed E-state index contributed by atoms with van der Waals surface area (Å²) in [5.74, 6) is 0.157. The molecule has 0 radical (unpaired) electrons. The molecular formula is C8H15N2O+. The van der Waals surface area contributed by atoms with Crippen LogP contribution in [-0.2, 0) is 4.79 Å². The van der Waals surface area contributed by atoms with Crippen molar-refractivity contribution >= 4 is 12.1 Å². The van der Waals surface area contributed by atoms with Crippen molar-refractivity contribution in [2.75, 3.05) is 7.05 Å². The van der Waals surface area contributed by atoms with Crippen molar-refractivity contribution < 1.29 is 9.90 Å². The molecule has 0 fully saturated rings. The minimum absolute atomic E-state index is 0.00694. The molecular weight excluding hydrogens is 140 g/mol. The maximum atomic E-state index is 11.4. The Labute approximate surface area is 67.1 Å². The summed E-state index contributed by atoms with van der Waals surface area (Å²) in [6.45, 7) is 6.19. The van der Waals surface area contributed by atoms with Crippen molar-refractivity contribution in [3.8, 4) is 0 Å². The second kappa shape index (κ2) is 2.32. The summed E-state index contributed by atoms with van der Waals surface area (Å²) in [5, 5.41) is 4.41. The minimum Gasteiger partial charge on any atom is -0.268 e. The summed E-state index contributed by atoms with van der Waals surface area (Å²) in [6, 6.07) is 0. The van der Waals surface area contributed by atoms with Gasteiger partial charge in [0.2, 0.25) is 0 Å². The first-order valence-corrected chi connectivity index (χ1v) is 3.80. The molecule has 1 atom stereocenters. The molecule has 1 aliphatic heterocycles. The summed E-state index contributed by atoms with van der Waals surface area (Å²) >= 11 is 0. The zero-order valence-corrected chi connectivity index (χ0v) is 7.51. The lowest BCUT2D eigenvalue weighted by molar-refractivity contribution is -0.605. The van der Waals surface area contributed by atoms with Gasteiger partial charge in [-0.3, -0.25) is 4.79 Å². The molecule has 0 bridgehead atoms. The SMILES string of the molecule is CN1[NH+]=CC(C(C)(C)C)C1=O. The van der Waals surface area contributed by atoms with Crippen LogP contribution in [0.3, 0.4) is 0 Å². The number of hydrazine groups is 1. The molecule has 3 nitrogen and oxygen atoms in total. The van der Waals surface area contributed by atoms with Gasteiger partial charge in [0.15, 0.2) is 6.21 Å². The zero-order valence-electron chi connectivity index (χ0n) is 7.51. The van der Waals surface area contributed by atoms with Crippen LogP contribution in [0.5, 0.6) is 0 Å². The predicted octanol–water partition coefficient (Wildman–Crippen LogP) is -0.813. The number of hydrogen-bond acceptors (Lipinski definition) is 1. The van der Waals surface area contributed by atoms with E-state index in [0.29, 0.717) is 0 Å². The van der Waals surface area contributed by atoms with E-state index >= 15 is 0 Å². The van der Waals surface area contributed by atoms with Crippen LogP contribution in [-0.4, -0.2) is 24.2 Å². The first-order chi connectivity index (χ1) is 4.93. The molecule has 1 rings (SSSR count). The van der Waals surface area contributed by atoms with Gasteiger partial charge in [0.05, 0.1) is 7.05 Å². The number of nitrogens with zero attached hydrogens (tertiary/aromatic N) is 1. The van der Waals surface area contributed by atoms with Crippen LogP contribution in [0.4, 0.5) is 0 Å². The molecule has 1 N–H and O–H groups in total. The molecule has 1 unspecified atom stereocenters. The fraction of sp³-hybridized carbons (Fsp3) is 0.750. The Bertz CT molecular complexity index is 203. The van der Waals surface area contributed by atoms with Gasteiger partial charge >= 0.3 is 0 Å². The molecule has 0 saturated heterocycles. The Morgan fingerprint density at radius 3 is 2.27 bits per heavy atom. The van der Waals surface area contributed by atoms with Gasteiger partial charge in [0.25, 0.3) is 5.91 Å². The number of nitrogens with one attached hydrogen (secondary N) is 1. The highest BCUT2D eigenvalue weighted by molar-refractivity contribution is 5.93. The van der Waals surface area contributed by atoms with Crippen molar-refractivity contribution in [3.63, 3.8) is 0 Å². The van der Waals surface area contributed by atoms with Gasteiger partial charge < -0.3 is 0 Å². The van der Waals surface area contributed by atoms with Gasteiger partial charge in [-0.05, 0) is 5.41 Å². The maximum Gasteiger partial charge on any atom is 0.290 e. The lowest BCUT2D eigenvalue weighted by Crippen LogP contribution is -2.77. The molecule has 0 aromatic carbocycles. The van der Waals surface area contributed by atoms with Crippen LogP contribution in [0, 0.1) is 11.3 Å². The van der Waals surface area contributed by atoms with Gasteiger partial charge in [-0.2, -0.15) is 0 Å². The number of amides is 1. The number of carbonyl (C=O) groups is 1. The van der Waals surface area contributed by atoms with Crippen molar-refractivity contribution in [1.82, 2.24) is 5.01 Å². The summed E-state index contributed by atoms with van der Waals surface area (Å²) in [4.78, 5) is 11.4. The Morgan fingerprint density at radius 1 is 1.55 bits per heavy atom. The molecule has 11 heavy (non-hydrogen) atoms. The van der Waals surface area contributed by atoms with Crippen molar-refractivity contribution in [1.29, 1.82) is 0 Å². The highest BCUT2D eigenvalue weighted by Crippen LogP contribution is 2.25. The Morgan fingerprint density at radius 2 is 2.09 bits per heavy atom. The molecule has 0 aliphatic carbocycles. The smallest absolute Gasteiger partial charge is 0.268 e. The van der Waals surface area contributed by atoms with E-state index in [1.54, 1.807) is 7.05 Å². The van der Waals surface area contributed by atoms with E-state index in [1.807, 2.05) is 6.21 Å². The monoisotopic (exact) mass is 155 g/mol. The molecule has 3 heteroatoms. The predicted molar refractivity (Wildman–Crippen MR) is 42.7 cm³/mol. The van der Waals surface area contributed by atoms with Gasteiger partial charge in [0.1, 0.15) is 5.92 Å². The first-order valence-electron chi connectivity index (χ1n) is 3.80. The third-order valence-corrected chi connectivity index (χ3v) is 1.96. The third-order valence-electron chi connectivity index (χ3n) is 1.96. The average molecular weight is 155 g/mol. The lowest BCUT2D eigenvalue weighted by atomic mass is 9.81. The Balaban J connectivity index is 2.79. The highest BCUT2D eigenvalue weighted by atomic mass is 16.2. The standard InChI is InChI=1S/C8H14N2O/c1-8(2,3)6-5-9-10(4)7(6)11/h5-6H,1-4H3/p+1. The fourth-order valence-corrected chi connectivity index (χ4v) is 1.15. The number of carbonyl (C=O) groups excluding carboxylic acids is 1. The molecule has 1 heterocycles. The summed E-state index contributed by atoms with van der Waals surface area (Å²) in [6.07, 6.45) is 1.85. The molecule has 1 amide bonds. The van der Waals surface area contributed by atoms with E-state index in [-0.39, 0.29) is 17.2 Å². The van der Waals surface area contributed by atoms with Crippen LogP contribution in [0.1, 0.15) is 20.8 Å². The average Bonchev–Trinajstić information content (AvgIpc) is 2.11. The third kappa shape index (κ3) is 1.42. The van der Waals surface area contributed by atoms with Gasteiger partial charge in [-0.1, -0.05) is 20.8 Å². The Hall–Kier alpha value is -0.860. The van der Waals surface area contributed by atoms with E-state index in [2.05, 4.69) is 25.9 Å². The maximum absolute atomic E-state index is 11.4. The largest absolute Gasteiger partial charge is 0.290 e. The van der Waals surface area contributed by atoms with Gasteiger partial charge in [-0.15, -0.1) is 10.1 Å². The number of hydrazone groups is 1. The number of hydrogen-bond donors (Lipinski definition) is 1. The minimum atomic E-state index is 0.00694. The van der Waals surface area contributed by atoms with Crippen LogP contribution >= 0.6 is 0 Å². The van der Waals surface area contributed by atoms with Crippen molar-refractivity contribution in [2.24, 2.45) is 11.3 Å². The van der Waals surface area contributed by atoms with Crippen molar-refractivity contribution in [3.05, 3.63) is 0 Å². The molecule has 62 valence electrons. The van der Waals surface area contributed by atoms with Crippen LogP contribution in [0.2, 0.25) is 0 Å². The van der Waals surface area contributed by atoms with E-state index in [9.17, 15) is 4.79 Å². The molecule has 0 aromatic rings. The topological polar surface area (TPSA) is 34.3 Å². The second-order valence-electron chi connectivity index (χ2n) is 4.04. The summed E-state index contributed by atoms with van der Waals surface area (Å²) in [5.41, 5.74) is 0.0227. The van der Waals surface area contributed by atoms with E-state index in [4.69, 9.17) is 0 Å². The zero-order chi connectivity index (χ0) is 8.65. The van der Waals surface area contributed by atoms with E-state index in [0.717, 1.165) is 0 Å². The van der Waals surface area contributed by atoms with E-state index < -0.39 is 0 Å². The first kappa shape index (κ1) is 8.24. The van der Waals surface area contributed by atoms with Crippen LogP contribution < -0.4 is 5.10 Å². The molecule has 0 spiro atoms. The quantitative estimate of drug-likeness (QED) is 0.487. The van der Waals surface area contributed by atoms with Crippen LogP contribution in [0.15, 0.2) is 0 Å². The normalized spacial score (nSPS) is 24.9. The highest BCUT2D eigenvalue weighted by Gasteiger charge is 2.39. The van der Waals surface area contributed by atoms with Crippen LogP contribution in [0.25, 0.3) is 0 Å². The summed E-state index contributed by atoms with van der Waals surface area (Å²) in [7, 11) is 1.74. The van der Waals surface area contributed by atoms with Gasteiger partial charge in [0, 0.05) is 0 Å². The Kier molecular flexibility index (Phi) is 1.74. The fourth-order valence-electron chi connectivity index (χ4n) is 1.15. The molecule has 1 aliphatic rings. The lowest BCUT2D eigenvalue weighted by Gasteiger charge is -2.20.